The number of aromatic nitrogens is 2. The predicted molar refractivity (Wildman–Crippen MR) is 61.1 cm³/mol. The van der Waals surface area contributed by atoms with E-state index < -0.39 is 10.0 Å². The summed E-state index contributed by atoms with van der Waals surface area (Å²) in [5.41, 5.74) is 5.79. The maximum absolute atomic E-state index is 11.9. The van der Waals surface area contributed by atoms with Crippen molar-refractivity contribution in [1.29, 1.82) is 0 Å². The van der Waals surface area contributed by atoms with Gasteiger partial charge in [0.15, 0.2) is 5.03 Å². The van der Waals surface area contributed by atoms with Crippen LogP contribution in [-0.4, -0.2) is 25.2 Å². The Hall–Kier alpha value is -0.920. The van der Waals surface area contributed by atoms with Gasteiger partial charge in [0.2, 0.25) is 0 Å². The molecule has 0 aliphatic heterocycles. The monoisotopic (exact) mass is 246 g/mol. The molecule has 0 fully saturated rings. The third-order valence-electron chi connectivity index (χ3n) is 1.96. The highest BCUT2D eigenvalue weighted by Crippen LogP contribution is 2.15. The van der Waals surface area contributed by atoms with E-state index >= 15 is 0 Å². The Bertz CT molecular complexity index is 444. The van der Waals surface area contributed by atoms with Crippen LogP contribution < -0.4 is 10.5 Å². The van der Waals surface area contributed by atoms with Gasteiger partial charge < -0.3 is 5.73 Å². The summed E-state index contributed by atoms with van der Waals surface area (Å²) in [4.78, 5) is 0. The van der Waals surface area contributed by atoms with E-state index in [-0.39, 0.29) is 17.0 Å². The molecular formula is C9H18N4O2S. The number of nitrogens with two attached hydrogens (primary N) is 1. The smallest absolute Gasteiger partial charge is 0.257 e. The van der Waals surface area contributed by atoms with Gasteiger partial charge in [0, 0.05) is 18.7 Å². The fourth-order valence-electron chi connectivity index (χ4n) is 1.06. The molecule has 0 saturated heterocycles. The van der Waals surface area contributed by atoms with Crippen LogP contribution in [0.5, 0.6) is 0 Å². The van der Waals surface area contributed by atoms with E-state index in [2.05, 4.69) is 14.9 Å². The number of aromatic amines is 1. The van der Waals surface area contributed by atoms with Gasteiger partial charge in [-0.15, -0.1) is 0 Å². The van der Waals surface area contributed by atoms with Crippen molar-refractivity contribution in [3.8, 4) is 0 Å². The maximum atomic E-state index is 11.9. The van der Waals surface area contributed by atoms with Crippen LogP contribution in [-0.2, 0) is 16.6 Å². The molecule has 0 aliphatic carbocycles. The summed E-state index contributed by atoms with van der Waals surface area (Å²) in [7, 11) is -3.54. The standard InChI is InChI=1S/C9H18N4O2S/c1-9(2,3)6-12-16(14,15)8-7(4-10)5-11-13-8/h5,12H,4,6,10H2,1-3H3,(H,11,13). The number of sulfonamides is 1. The molecule has 1 rings (SSSR count). The van der Waals surface area contributed by atoms with Crippen molar-refractivity contribution in [3.63, 3.8) is 0 Å². The van der Waals surface area contributed by atoms with Crippen LogP contribution in [0.2, 0.25) is 0 Å². The Morgan fingerprint density at radius 2 is 2.12 bits per heavy atom. The van der Waals surface area contributed by atoms with Gasteiger partial charge in [-0.05, 0) is 5.41 Å². The second-order valence-corrected chi connectivity index (χ2v) is 6.52. The lowest BCUT2D eigenvalue weighted by Gasteiger charge is -2.18. The largest absolute Gasteiger partial charge is 0.326 e. The van der Waals surface area contributed by atoms with Gasteiger partial charge in [0.05, 0.1) is 6.20 Å². The number of hydrogen-bond acceptors (Lipinski definition) is 4. The summed E-state index contributed by atoms with van der Waals surface area (Å²) in [5.74, 6) is 0. The summed E-state index contributed by atoms with van der Waals surface area (Å²) >= 11 is 0. The molecular weight excluding hydrogens is 228 g/mol. The van der Waals surface area contributed by atoms with Crippen molar-refractivity contribution in [2.75, 3.05) is 6.54 Å². The van der Waals surface area contributed by atoms with Crippen molar-refractivity contribution in [2.24, 2.45) is 11.1 Å². The van der Waals surface area contributed by atoms with E-state index in [0.717, 1.165) is 0 Å². The van der Waals surface area contributed by atoms with Crippen LogP contribution in [0.1, 0.15) is 26.3 Å². The molecule has 0 radical (unpaired) electrons. The minimum absolute atomic E-state index is 0.0549. The number of nitrogens with zero attached hydrogens (tertiary/aromatic N) is 1. The molecule has 1 heterocycles. The predicted octanol–water partition coefficient (Wildman–Crippen LogP) is 0.193. The highest BCUT2D eigenvalue weighted by Gasteiger charge is 2.22. The number of nitrogens with one attached hydrogen (secondary N) is 2. The first kappa shape index (κ1) is 13.1. The van der Waals surface area contributed by atoms with Gasteiger partial charge in [-0.1, -0.05) is 20.8 Å². The Balaban J connectivity index is 2.87. The van der Waals surface area contributed by atoms with Crippen LogP contribution in [0.15, 0.2) is 11.2 Å². The van der Waals surface area contributed by atoms with E-state index in [9.17, 15) is 8.42 Å². The number of rotatable bonds is 4. The molecule has 1 aromatic rings. The van der Waals surface area contributed by atoms with Crippen molar-refractivity contribution in [1.82, 2.24) is 14.9 Å². The zero-order chi connectivity index (χ0) is 12.4. The summed E-state index contributed by atoms with van der Waals surface area (Å²) in [6.07, 6.45) is 1.42. The molecule has 1 aromatic heterocycles. The molecule has 0 saturated carbocycles. The van der Waals surface area contributed by atoms with Crippen molar-refractivity contribution in [2.45, 2.75) is 32.3 Å². The minimum atomic E-state index is -3.54. The molecule has 0 spiro atoms. The van der Waals surface area contributed by atoms with Gasteiger partial charge in [0.25, 0.3) is 10.0 Å². The molecule has 0 amide bonds. The molecule has 0 bridgehead atoms. The van der Waals surface area contributed by atoms with Gasteiger partial charge >= 0.3 is 0 Å². The number of hydrogen-bond donors (Lipinski definition) is 3. The SMILES string of the molecule is CC(C)(C)CNS(=O)(=O)c1[nH]ncc1CN. The Labute approximate surface area is 95.7 Å². The average molecular weight is 246 g/mol. The molecule has 92 valence electrons. The summed E-state index contributed by atoms with van der Waals surface area (Å²) in [6.45, 7) is 6.35. The Kier molecular flexibility index (Phi) is 3.72. The Morgan fingerprint density at radius 3 is 2.62 bits per heavy atom. The van der Waals surface area contributed by atoms with E-state index in [1.807, 2.05) is 20.8 Å². The van der Waals surface area contributed by atoms with Crippen molar-refractivity contribution >= 4 is 10.0 Å². The van der Waals surface area contributed by atoms with Gasteiger partial charge in [-0.3, -0.25) is 5.10 Å². The third kappa shape index (κ3) is 3.29. The highest BCUT2D eigenvalue weighted by atomic mass is 32.2. The molecule has 0 unspecified atom stereocenters. The first-order valence-corrected chi connectivity index (χ1v) is 6.46. The minimum Gasteiger partial charge on any atom is -0.326 e. The normalized spacial score (nSPS) is 13.0. The zero-order valence-corrected chi connectivity index (χ0v) is 10.6. The summed E-state index contributed by atoms with van der Waals surface area (Å²) in [6, 6.07) is 0. The van der Waals surface area contributed by atoms with Crippen LogP contribution in [0.3, 0.4) is 0 Å². The lowest BCUT2D eigenvalue weighted by Crippen LogP contribution is -2.33. The zero-order valence-electron chi connectivity index (χ0n) is 9.74. The van der Waals surface area contributed by atoms with Gasteiger partial charge in [-0.2, -0.15) is 5.10 Å². The fraction of sp³-hybridized carbons (Fsp3) is 0.667. The van der Waals surface area contributed by atoms with Gasteiger partial charge in [-0.25, -0.2) is 13.1 Å². The highest BCUT2D eigenvalue weighted by molar-refractivity contribution is 7.89. The van der Waals surface area contributed by atoms with Crippen LogP contribution in [0.25, 0.3) is 0 Å². The molecule has 16 heavy (non-hydrogen) atoms. The average Bonchev–Trinajstić information content (AvgIpc) is 2.62. The van der Waals surface area contributed by atoms with Gasteiger partial charge in [0.1, 0.15) is 0 Å². The van der Waals surface area contributed by atoms with E-state index in [0.29, 0.717) is 12.1 Å². The summed E-state index contributed by atoms with van der Waals surface area (Å²) < 4.78 is 26.3. The molecule has 0 aliphatic rings. The summed E-state index contributed by atoms with van der Waals surface area (Å²) in [5, 5.41) is 6.19. The van der Waals surface area contributed by atoms with Crippen LogP contribution in [0, 0.1) is 5.41 Å². The van der Waals surface area contributed by atoms with Crippen molar-refractivity contribution in [3.05, 3.63) is 11.8 Å². The lowest BCUT2D eigenvalue weighted by atomic mass is 9.98. The van der Waals surface area contributed by atoms with Crippen LogP contribution >= 0.6 is 0 Å². The first-order chi connectivity index (χ1) is 7.26. The fourth-order valence-corrected chi connectivity index (χ4v) is 2.48. The second-order valence-electron chi connectivity index (χ2n) is 4.81. The van der Waals surface area contributed by atoms with E-state index in [1.165, 1.54) is 6.20 Å². The quantitative estimate of drug-likeness (QED) is 0.706. The van der Waals surface area contributed by atoms with E-state index in [1.54, 1.807) is 0 Å². The molecule has 4 N–H and O–H groups in total. The second kappa shape index (κ2) is 4.52. The molecule has 7 heteroatoms. The first-order valence-electron chi connectivity index (χ1n) is 4.98. The molecule has 0 aromatic carbocycles. The maximum Gasteiger partial charge on any atom is 0.257 e. The van der Waals surface area contributed by atoms with E-state index in [4.69, 9.17) is 5.73 Å². The molecule has 6 nitrogen and oxygen atoms in total. The van der Waals surface area contributed by atoms with Crippen LogP contribution in [0.4, 0.5) is 0 Å². The lowest BCUT2D eigenvalue weighted by molar-refractivity contribution is 0.407. The third-order valence-corrected chi connectivity index (χ3v) is 3.37. The topological polar surface area (TPSA) is 101 Å². The van der Waals surface area contributed by atoms with Crippen molar-refractivity contribution < 1.29 is 8.42 Å². The number of H-pyrrole nitrogens is 1. The molecule has 0 atom stereocenters. The Morgan fingerprint density at radius 1 is 1.50 bits per heavy atom.